The molecule has 4 aromatic rings. The summed E-state index contributed by atoms with van der Waals surface area (Å²) in [5, 5.41) is 18.7. The first-order valence-corrected chi connectivity index (χ1v) is 10.7. The molecule has 0 aliphatic carbocycles. The average molecular weight is 453 g/mol. The lowest BCUT2D eigenvalue weighted by Gasteiger charge is -2.37. The number of nitrogens with zero attached hydrogens (tertiary/aromatic N) is 5. The van der Waals surface area contributed by atoms with Gasteiger partial charge in [-0.3, -0.25) is 10.00 Å². The SMILES string of the molecule is C=CC(O)N1CCN(c2ncnc3c(F)c(-c4c(C)ccc5[nH]ncc45)c(Cl)cc23)CC1. The molecular weight excluding hydrogens is 431 g/mol. The molecule has 1 fully saturated rings. The number of aromatic amines is 1. The van der Waals surface area contributed by atoms with Crippen molar-refractivity contribution in [3.05, 3.63) is 59.8 Å². The summed E-state index contributed by atoms with van der Waals surface area (Å²) >= 11 is 6.68. The number of halogens is 2. The van der Waals surface area contributed by atoms with Gasteiger partial charge in [0.05, 0.1) is 16.7 Å². The van der Waals surface area contributed by atoms with Gasteiger partial charge in [-0.15, -0.1) is 0 Å². The van der Waals surface area contributed by atoms with E-state index in [1.54, 1.807) is 12.3 Å². The van der Waals surface area contributed by atoms with Gasteiger partial charge in [-0.2, -0.15) is 5.10 Å². The molecule has 2 N–H and O–H groups in total. The number of benzene rings is 2. The van der Waals surface area contributed by atoms with Crippen molar-refractivity contribution >= 4 is 39.2 Å². The lowest BCUT2D eigenvalue weighted by molar-refractivity contribution is 0.0380. The van der Waals surface area contributed by atoms with Crippen LogP contribution in [0.25, 0.3) is 32.9 Å². The molecule has 0 saturated carbocycles. The van der Waals surface area contributed by atoms with E-state index in [9.17, 15) is 5.11 Å². The van der Waals surface area contributed by atoms with Gasteiger partial charge in [0, 0.05) is 48.1 Å². The number of fused-ring (bicyclic) bond motifs is 2. The third-order valence-corrected chi connectivity index (χ3v) is 6.38. The summed E-state index contributed by atoms with van der Waals surface area (Å²) in [6.45, 7) is 8.09. The molecule has 2 aromatic carbocycles. The molecule has 1 aliphatic rings. The smallest absolute Gasteiger partial charge is 0.158 e. The van der Waals surface area contributed by atoms with Crippen LogP contribution in [0.15, 0.2) is 43.4 Å². The highest BCUT2D eigenvalue weighted by molar-refractivity contribution is 6.35. The Morgan fingerprint density at radius 3 is 2.72 bits per heavy atom. The third kappa shape index (κ3) is 3.31. The van der Waals surface area contributed by atoms with E-state index in [1.807, 2.05) is 24.0 Å². The van der Waals surface area contributed by atoms with E-state index >= 15 is 4.39 Å². The van der Waals surface area contributed by atoms with Crippen molar-refractivity contribution in [3.63, 3.8) is 0 Å². The van der Waals surface area contributed by atoms with Crippen molar-refractivity contribution in [2.45, 2.75) is 13.2 Å². The van der Waals surface area contributed by atoms with Crippen LogP contribution < -0.4 is 4.90 Å². The molecule has 5 rings (SSSR count). The second kappa shape index (κ2) is 8.12. The van der Waals surface area contributed by atoms with Crippen LogP contribution in [0.5, 0.6) is 0 Å². The molecule has 3 heterocycles. The van der Waals surface area contributed by atoms with Crippen molar-refractivity contribution < 1.29 is 9.50 Å². The highest BCUT2D eigenvalue weighted by Crippen LogP contribution is 2.41. The quantitative estimate of drug-likeness (QED) is 0.457. The van der Waals surface area contributed by atoms with Crippen LogP contribution >= 0.6 is 11.6 Å². The van der Waals surface area contributed by atoms with Crippen LogP contribution in [-0.4, -0.2) is 62.6 Å². The number of hydrogen-bond donors (Lipinski definition) is 2. The third-order valence-electron chi connectivity index (χ3n) is 6.08. The lowest BCUT2D eigenvalue weighted by Crippen LogP contribution is -2.50. The zero-order valence-corrected chi connectivity index (χ0v) is 18.3. The minimum atomic E-state index is -0.678. The van der Waals surface area contributed by atoms with E-state index < -0.39 is 12.0 Å². The van der Waals surface area contributed by atoms with Crippen LogP contribution in [0.2, 0.25) is 5.02 Å². The van der Waals surface area contributed by atoms with Crippen molar-refractivity contribution in [3.8, 4) is 11.1 Å². The lowest BCUT2D eigenvalue weighted by atomic mass is 9.95. The van der Waals surface area contributed by atoms with Gasteiger partial charge < -0.3 is 10.0 Å². The summed E-state index contributed by atoms with van der Waals surface area (Å²) in [7, 11) is 0. The van der Waals surface area contributed by atoms with Gasteiger partial charge in [0.1, 0.15) is 23.9 Å². The molecule has 0 bridgehead atoms. The highest BCUT2D eigenvalue weighted by Gasteiger charge is 2.26. The Bertz CT molecular complexity index is 1330. The molecule has 1 aliphatic heterocycles. The number of H-pyrrole nitrogens is 1. The Hall–Kier alpha value is -3.07. The maximum absolute atomic E-state index is 15.9. The maximum Gasteiger partial charge on any atom is 0.158 e. The molecule has 0 spiro atoms. The molecule has 164 valence electrons. The molecule has 2 aromatic heterocycles. The van der Waals surface area contributed by atoms with Gasteiger partial charge in [0.2, 0.25) is 0 Å². The second-order valence-electron chi connectivity index (χ2n) is 7.90. The summed E-state index contributed by atoms with van der Waals surface area (Å²) in [5.74, 6) is 0.155. The normalized spacial score (nSPS) is 16.1. The molecule has 32 heavy (non-hydrogen) atoms. The molecule has 1 unspecified atom stereocenters. The molecule has 0 radical (unpaired) electrons. The van der Waals surface area contributed by atoms with Crippen molar-refractivity contribution in [1.29, 1.82) is 0 Å². The largest absolute Gasteiger partial charge is 0.375 e. The number of aliphatic hydroxyl groups is 1. The first-order valence-electron chi connectivity index (χ1n) is 10.3. The maximum atomic E-state index is 15.9. The summed E-state index contributed by atoms with van der Waals surface area (Å²) < 4.78 is 15.9. The first kappa shape index (κ1) is 20.8. The predicted molar refractivity (Wildman–Crippen MR) is 124 cm³/mol. The number of hydrogen-bond acceptors (Lipinski definition) is 6. The first-order chi connectivity index (χ1) is 15.5. The Balaban J connectivity index is 1.61. The number of aliphatic hydroxyl groups excluding tert-OH is 1. The van der Waals surface area contributed by atoms with E-state index in [1.165, 1.54) is 12.4 Å². The number of anilines is 1. The average Bonchev–Trinajstić information content (AvgIpc) is 3.28. The molecule has 0 amide bonds. The van der Waals surface area contributed by atoms with Gasteiger partial charge in [-0.1, -0.05) is 24.2 Å². The molecule has 7 nitrogen and oxygen atoms in total. The Morgan fingerprint density at radius 1 is 1.19 bits per heavy atom. The van der Waals surface area contributed by atoms with Crippen LogP contribution in [0.1, 0.15) is 5.56 Å². The van der Waals surface area contributed by atoms with Gasteiger partial charge in [-0.05, 0) is 30.7 Å². The van der Waals surface area contributed by atoms with Crippen LogP contribution in [0.3, 0.4) is 0 Å². The highest BCUT2D eigenvalue weighted by atomic mass is 35.5. The van der Waals surface area contributed by atoms with E-state index in [-0.39, 0.29) is 5.52 Å². The number of rotatable bonds is 4. The van der Waals surface area contributed by atoms with Crippen molar-refractivity contribution in [1.82, 2.24) is 25.1 Å². The summed E-state index contributed by atoms with van der Waals surface area (Å²) in [4.78, 5) is 12.7. The van der Waals surface area contributed by atoms with Gasteiger partial charge in [0.25, 0.3) is 0 Å². The fourth-order valence-electron chi connectivity index (χ4n) is 4.40. The molecule has 9 heteroatoms. The second-order valence-corrected chi connectivity index (χ2v) is 8.31. The summed E-state index contributed by atoms with van der Waals surface area (Å²) in [6.07, 6.45) is 3.90. The van der Waals surface area contributed by atoms with Crippen molar-refractivity contribution in [2.75, 3.05) is 31.1 Å². The topological polar surface area (TPSA) is 81.2 Å². The number of aryl methyl sites for hydroxylation is 1. The van der Waals surface area contributed by atoms with Crippen LogP contribution in [0.4, 0.5) is 10.2 Å². The molecular formula is C23H22ClFN6O. The number of aromatic nitrogens is 4. The number of piperazine rings is 1. The summed E-state index contributed by atoms with van der Waals surface area (Å²) in [6, 6.07) is 5.57. The van der Waals surface area contributed by atoms with Crippen LogP contribution in [0, 0.1) is 12.7 Å². The van der Waals surface area contributed by atoms with Gasteiger partial charge in [-0.25, -0.2) is 14.4 Å². The van der Waals surface area contributed by atoms with Crippen molar-refractivity contribution in [2.24, 2.45) is 0 Å². The Labute approximate surface area is 189 Å². The summed E-state index contributed by atoms with van der Waals surface area (Å²) in [5.41, 5.74) is 2.94. The minimum absolute atomic E-state index is 0.225. The predicted octanol–water partition coefficient (Wildman–Crippen LogP) is 3.90. The zero-order valence-electron chi connectivity index (χ0n) is 17.5. The fraction of sp³-hybridized carbons (Fsp3) is 0.261. The Kier molecular flexibility index (Phi) is 5.28. The zero-order chi connectivity index (χ0) is 22.4. The standard InChI is InChI=1S/C23H22ClFN6O/c1-3-18(32)30-6-8-31(9-7-30)23-14-10-16(24)20(21(25)22(14)26-12-27-23)19-13(2)4-5-17-15(19)11-28-29-17/h3-5,10-12,18,32H,1,6-9H2,2H3,(H,28,29). The van der Waals surface area contributed by atoms with E-state index in [2.05, 4.69) is 31.6 Å². The fourth-order valence-corrected chi connectivity index (χ4v) is 4.69. The van der Waals surface area contributed by atoms with E-state index in [0.717, 1.165) is 16.5 Å². The molecule has 1 atom stereocenters. The Morgan fingerprint density at radius 2 is 1.97 bits per heavy atom. The minimum Gasteiger partial charge on any atom is -0.375 e. The van der Waals surface area contributed by atoms with E-state index in [4.69, 9.17) is 11.6 Å². The van der Waals surface area contributed by atoms with E-state index in [0.29, 0.717) is 53.5 Å². The molecule has 1 saturated heterocycles. The van der Waals surface area contributed by atoms with Gasteiger partial charge >= 0.3 is 0 Å². The van der Waals surface area contributed by atoms with Crippen LogP contribution in [-0.2, 0) is 0 Å². The monoisotopic (exact) mass is 452 g/mol. The van der Waals surface area contributed by atoms with Gasteiger partial charge in [0.15, 0.2) is 5.82 Å². The number of nitrogens with one attached hydrogen (secondary N) is 1.